The second-order valence-corrected chi connectivity index (χ2v) is 6.51. The largest absolute Gasteiger partial charge is 0.382 e. The molecule has 30 heavy (non-hydrogen) atoms. The van der Waals surface area contributed by atoms with Crippen LogP contribution in [0.5, 0.6) is 0 Å². The molecule has 4 N–H and O–H groups in total. The van der Waals surface area contributed by atoms with Crippen molar-refractivity contribution in [2.45, 2.75) is 19.4 Å². The molecule has 1 heterocycles. The van der Waals surface area contributed by atoms with Crippen LogP contribution in [0.3, 0.4) is 0 Å². The van der Waals surface area contributed by atoms with Crippen molar-refractivity contribution in [1.29, 1.82) is 5.26 Å². The molecule has 0 saturated carbocycles. The first-order chi connectivity index (χ1) is 14.2. The summed E-state index contributed by atoms with van der Waals surface area (Å²) in [6.07, 6.45) is 1.45. The number of nitriles is 1. The van der Waals surface area contributed by atoms with Gasteiger partial charge in [-0.3, -0.25) is 4.99 Å². The fraction of sp³-hybridized carbons (Fsp3) is 0.227. The highest BCUT2D eigenvalue weighted by atomic mass is 127. The molecule has 0 amide bonds. The van der Waals surface area contributed by atoms with Crippen LogP contribution in [0.2, 0.25) is 0 Å². The van der Waals surface area contributed by atoms with Crippen molar-refractivity contribution in [2.75, 3.05) is 19.3 Å². The van der Waals surface area contributed by atoms with Crippen LogP contribution in [-0.2, 0) is 13.0 Å². The Kier molecular flexibility index (Phi) is 9.15. The molecule has 0 fully saturated rings. The fourth-order valence-electron chi connectivity index (χ4n) is 3.01. The van der Waals surface area contributed by atoms with Crippen LogP contribution in [0.4, 0.5) is 5.82 Å². The van der Waals surface area contributed by atoms with E-state index in [-0.39, 0.29) is 24.0 Å². The standard InChI is InChI=1S/C22H25N7.HI/c1-25-22(27-16-17-9-4-2-5-10-17)26-14-8-13-20-19(15-23)21(24)29(28-20)18-11-6-3-7-12-18;/h2-7,9-12H,8,13-14,16,24H2,1H3,(H2,25,26,27);1H. The summed E-state index contributed by atoms with van der Waals surface area (Å²) in [5, 5.41) is 20.6. The van der Waals surface area contributed by atoms with Gasteiger partial charge in [0.25, 0.3) is 0 Å². The minimum absolute atomic E-state index is 0. The summed E-state index contributed by atoms with van der Waals surface area (Å²) in [5.74, 6) is 1.12. The van der Waals surface area contributed by atoms with Crippen molar-refractivity contribution in [2.24, 2.45) is 4.99 Å². The Balaban J connectivity index is 0.00000320. The predicted octanol–water partition coefficient (Wildman–Crippen LogP) is 3.24. The summed E-state index contributed by atoms with van der Waals surface area (Å²) in [7, 11) is 1.75. The van der Waals surface area contributed by atoms with Gasteiger partial charge in [0.15, 0.2) is 5.96 Å². The first-order valence-electron chi connectivity index (χ1n) is 9.54. The van der Waals surface area contributed by atoms with Crippen LogP contribution >= 0.6 is 24.0 Å². The zero-order valence-corrected chi connectivity index (χ0v) is 19.2. The van der Waals surface area contributed by atoms with Crippen LogP contribution in [0.25, 0.3) is 5.69 Å². The Hall–Kier alpha value is -3.06. The average molecular weight is 515 g/mol. The maximum absolute atomic E-state index is 9.49. The molecule has 0 bridgehead atoms. The van der Waals surface area contributed by atoms with E-state index in [0.29, 0.717) is 36.6 Å². The number of nitrogens with zero attached hydrogens (tertiary/aromatic N) is 4. The molecule has 2 aromatic carbocycles. The van der Waals surface area contributed by atoms with Gasteiger partial charge in [0, 0.05) is 20.1 Å². The van der Waals surface area contributed by atoms with Gasteiger partial charge < -0.3 is 16.4 Å². The van der Waals surface area contributed by atoms with Crippen molar-refractivity contribution in [3.8, 4) is 11.8 Å². The Labute approximate surface area is 194 Å². The number of hydrogen-bond acceptors (Lipinski definition) is 4. The zero-order valence-electron chi connectivity index (χ0n) is 16.9. The van der Waals surface area contributed by atoms with E-state index in [2.05, 4.69) is 38.9 Å². The van der Waals surface area contributed by atoms with Crippen LogP contribution in [0.1, 0.15) is 23.2 Å². The number of aryl methyl sites for hydroxylation is 1. The Morgan fingerprint density at radius 2 is 1.77 bits per heavy atom. The lowest BCUT2D eigenvalue weighted by atomic mass is 10.1. The first-order valence-corrected chi connectivity index (χ1v) is 9.54. The minimum Gasteiger partial charge on any atom is -0.382 e. The zero-order chi connectivity index (χ0) is 20.5. The molecular formula is C22H26IN7. The van der Waals surface area contributed by atoms with Gasteiger partial charge in [-0.1, -0.05) is 48.5 Å². The Morgan fingerprint density at radius 1 is 1.10 bits per heavy atom. The molecule has 0 aliphatic heterocycles. The number of guanidine groups is 1. The van der Waals surface area contributed by atoms with Crippen molar-refractivity contribution in [3.63, 3.8) is 0 Å². The lowest BCUT2D eigenvalue weighted by Crippen LogP contribution is -2.37. The number of nitrogens with two attached hydrogens (primary N) is 1. The predicted molar refractivity (Wildman–Crippen MR) is 131 cm³/mol. The van der Waals surface area contributed by atoms with Crippen molar-refractivity contribution >= 4 is 35.8 Å². The van der Waals surface area contributed by atoms with Gasteiger partial charge in [-0.15, -0.1) is 24.0 Å². The molecule has 0 aliphatic carbocycles. The topological polar surface area (TPSA) is 104 Å². The number of halogens is 1. The summed E-state index contributed by atoms with van der Waals surface area (Å²) in [6, 6.07) is 21.9. The number of para-hydroxylation sites is 1. The van der Waals surface area contributed by atoms with Crippen LogP contribution in [0, 0.1) is 11.3 Å². The number of aliphatic imine (C=N–C) groups is 1. The summed E-state index contributed by atoms with van der Waals surface area (Å²) < 4.78 is 1.63. The Morgan fingerprint density at radius 3 is 2.40 bits per heavy atom. The third kappa shape index (κ3) is 5.97. The highest BCUT2D eigenvalue weighted by molar-refractivity contribution is 14.0. The summed E-state index contributed by atoms with van der Waals surface area (Å²) in [6.45, 7) is 1.41. The summed E-state index contributed by atoms with van der Waals surface area (Å²) in [4.78, 5) is 4.24. The molecule has 1 aromatic heterocycles. The quantitative estimate of drug-likeness (QED) is 0.194. The van der Waals surface area contributed by atoms with E-state index in [1.54, 1.807) is 11.7 Å². The molecule has 156 valence electrons. The normalized spacial score (nSPS) is 10.7. The number of nitrogen functional groups attached to an aromatic ring is 1. The number of benzene rings is 2. The molecule has 0 atom stereocenters. The van der Waals surface area contributed by atoms with Crippen LogP contribution < -0.4 is 16.4 Å². The van der Waals surface area contributed by atoms with E-state index in [4.69, 9.17) is 5.73 Å². The number of rotatable bonds is 7. The van der Waals surface area contributed by atoms with E-state index in [1.807, 2.05) is 48.5 Å². The van der Waals surface area contributed by atoms with E-state index < -0.39 is 0 Å². The highest BCUT2D eigenvalue weighted by Crippen LogP contribution is 2.21. The molecule has 7 nitrogen and oxygen atoms in total. The lowest BCUT2D eigenvalue weighted by Gasteiger charge is -2.11. The first kappa shape index (κ1) is 23.2. The monoisotopic (exact) mass is 515 g/mol. The molecule has 0 radical (unpaired) electrons. The van der Waals surface area contributed by atoms with Gasteiger partial charge in [-0.2, -0.15) is 10.4 Å². The molecule has 3 aromatic rings. The van der Waals surface area contributed by atoms with Gasteiger partial charge in [0.2, 0.25) is 0 Å². The van der Waals surface area contributed by atoms with Gasteiger partial charge >= 0.3 is 0 Å². The molecule has 0 spiro atoms. The third-order valence-electron chi connectivity index (χ3n) is 4.52. The molecule has 0 unspecified atom stereocenters. The molecule has 0 aliphatic rings. The molecule has 8 heteroatoms. The average Bonchev–Trinajstić information content (AvgIpc) is 3.09. The minimum atomic E-state index is 0. The smallest absolute Gasteiger partial charge is 0.191 e. The number of anilines is 1. The summed E-state index contributed by atoms with van der Waals surface area (Å²) >= 11 is 0. The third-order valence-corrected chi connectivity index (χ3v) is 4.52. The van der Waals surface area contributed by atoms with Gasteiger partial charge in [0.1, 0.15) is 17.5 Å². The second-order valence-electron chi connectivity index (χ2n) is 6.51. The Bertz CT molecular complexity index is 992. The van der Waals surface area contributed by atoms with E-state index in [0.717, 1.165) is 18.1 Å². The van der Waals surface area contributed by atoms with Crippen molar-refractivity contribution < 1.29 is 0 Å². The number of aromatic nitrogens is 2. The SMILES string of the molecule is CN=C(NCCCc1nn(-c2ccccc2)c(N)c1C#N)NCc1ccccc1.I. The van der Waals surface area contributed by atoms with E-state index >= 15 is 0 Å². The highest BCUT2D eigenvalue weighted by Gasteiger charge is 2.16. The fourth-order valence-corrected chi connectivity index (χ4v) is 3.01. The van der Waals surface area contributed by atoms with E-state index in [9.17, 15) is 5.26 Å². The molecular weight excluding hydrogens is 489 g/mol. The van der Waals surface area contributed by atoms with Crippen molar-refractivity contribution in [3.05, 3.63) is 77.5 Å². The maximum Gasteiger partial charge on any atom is 0.191 e. The lowest BCUT2D eigenvalue weighted by molar-refractivity contribution is 0.722. The van der Waals surface area contributed by atoms with E-state index in [1.165, 1.54) is 5.56 Å². The second kappa shape index (κ2) is 11.8. The molecule has 3 rings (SSSR count). The van der Waals surface area contributed by atoms with Crippen LogP contribution in [0.15, 0.2) is 65.7 Å². The van der Waals surface area contributed by atoms with Gasteiger partial charge in [0.05, 0.1) is 11.4 Å². The van der Waals surface area contributed by atoms with Crippen molar-refractivity contribution in [1.82, 2.24) is 20.4 Å². The maximum atomic E-state index is 9.49. The van der Waals surface area contributed by atoms with Gasteiger partial charge in [-0.05, 0) is 30.5 Å². The van der Waals surface area contributed by atoms with Crippen LogP contribution in [-0.4, -0.2) is 29.3 Å². The number of nitrogens with one attached hydrogen (secondary N) is 2. The summed E-state index contributed by atoms with van der Waals surface area (Å²) in [5.41, 5.74) is 9.34. The number of hydrogen-bond donors (Lipinski definition) is 3. The van der Waals surface area contributed by atoms with Gasteiger partial charge in [-0.25, -0.2) is 4.68 Å². The molecule has 0 saturated heterocycles.